The van der Waals surface area contributed by atoms with Gasteiger partial charge in [0.2, 0.25) is 0 Å². The Bertz CT molecular complexity index is 1050. The second-order valence-corrected chi connectivity index (χ2v) is 6.85. The molecule has 0 saturated carbocycles. The second kappa shape index (κ2) is 18.0. The molecule has 0 bridgehead atoms. The Kier molecular flexibility index (Phi) is 17.3. The molecule has 3 aromatic heterocycles. The van der Waals surface area contributed by atoms with Crippen LogP contribution < -0.4 is 5.10 Å². The molecule has 0 amide bonds. The zero-order valence-electron chi connectivity index (χ0n) is 21.5. The summed E-state index contributed by atoms with van der Waals surface area (Å²) in [5, 5.41) is 16.4. The Morgan fingerprint density at radius 3 is 1.43 bits per heavy atom. The van der Waals surface area contributed by atoms with E-state index < -0.39 is 11.9 Å². The van der Waals surface area contributed by atoms with Gasteiger partial charge in [-0.1, -0.05) is 13.0 Å². The van der Waals surface area contributed by atoms with E-state index in [1.165, 1.54) is 25.6 Å². The predicted octanol–water partition coefficient (Wildman–Crippen LogP) is 1.77. The number of ether oxygens (including phenoxy) is 2. The van der Waals surface area contributed by atoms with E-state index in [-0.39, 0.29) is 20.1 Å². The number of methoxy groups -OCH3 is 2. The van der Waals surface area contributed by atoms with E-state index >= 15 is 0 Å². The van der Waals surface area contributed by atoms with Crippen LogP contribution in [0.5, 0.6) is 0 Å². The first-order valence-electron chi connectivity index (χ1n) is 10.2. The molecule has 0 fully saturated rings. The van der Waals surface area contributed by atoms with E-state index in [0.29, 0.717) is 7.55 Å². The number of nitrogens with zero attached hydrogens (tertiary/aromatic N) is 6. The topological polar surface area (TPSA) is 115 Å². The molecule has 10 nitrogen and oxygen atoms in total. The standard InChI is InChI=1S/C10H15BN4.C6H6O4.C5H7N2.C2H4.Ir/c1-7-5-9(3)14(12-7)11-15-10(4)6-8(2)13-15;1-9-5(7)3-4-6(8)10-2;1-4-3-5(2)7-6-4;1-2;/h5-6,11H,1-4H3;1-2H3;3H,1-2H3;1-2H2;/q;;-1;;. The van der Waals surface area contributed by atoms with E-state index in [9.17, 15) is 9.59 Å². The average molecular weight is 660 g/mol. The Morgan fingerprint density at radius 1 is 0.829 bits per heavy atom. The van der Waals surface area contributed by atoms with Crippen molar-refractivity contribution in [2.45, 2.75) is 41.5 Å². The maximum absolute atomic E-state index is 10.2. The summed E-state index contributed by atoms with van der Waals surface area (Å²) in [6.07, 6.45) is 0. The summed E-state index contributed by atoms with van der Waals surface area (Å²) < 4.78 is 12.2. The van der Waals surface area contributed by atoms with E-state index in [0.717, 1.165) is 22.8 Å². The van der Waals surface area contributed by atoms with Gasteiger partial charge in [0.15, 0.2) is 0 Å². The molecular formula is C23H32BIrN6O4-. The van der Waals surface area contributed by atoms with Gasteiger partial charge in [-0.05, 0) is 46.8 Å². The number of esters is 2. The smallest absolute Gasteiger partial charge is 0.402 e. The normalized spacial score (nSPS) is 8.57. The molecule has 0 aliphatic carbocycles. The number of aromatic nitrogens is 6. The first-order valence-corrected chi connectivity index (χ1v) is 10.2. The quantitative estimate of drug-likeness (QED) is 0.135. The van der Waals surface area contributed by atoms with Crippen molar-refractivity contribution in [1.82, 2.24) is 29.6 Å². The van der Waals surface area contributed by atoms with Gasteiger partial charge < -0.3 is 19.7 Å². The fourth-order valence-electron chi connectivity index (χ4n) is 2.49. The van der Waals surface area contributed by atoms with Crippen molar-refractivity contribution < 1.29 is 39.2 Å². The van der Waals surface area contributed by atoms with Crippen molar-refractivity contribution in [3.05, 3.63) is 65.5 Å². The van der Waals surface area contributed by atoms with Gasteiger partial charge in [0.1, 0.15) is 0 Å². The van der Waals surface area contributed by atoms with Crippen LogP contribution in [0.15, 0.2) is 31.4 Å². The van der Waals surface area contributed by atoms with Gasteiger partial charge in [-0.25, -0.2) is 9.59 Å². The minimum absolute atomic E-state index is 0. The molecule has 35 heavy (non-hydrogen) atoms. The first-order chi connectivity index (χ1) is 16.0. The van der Waals surface area contributed by atoms with Gasteiger partial charge in [-0.3, -0.25) is 9.19 Å². The molecule has 0 aliphatic heterocycles. The second-order valence-electron chi connectivity index (χ2n) is 6.85. The van der Waals surface area contributed by atoms with Gasteiger partial charge in [-0.15, -0.1) is 18.9 Å². The molecular weight excluding hydrogens is 627 g/mol. The van der Waals surface area contributed by atoms with Crippen molar-refractivity contribution in [3.63, 3.8) is 0 Å². The maximum atomic E-state index is 10.2. The third kappa shape index (κ3) is 13.8. The number of carbonyl (C=O) groups is 2. The van der Waals surface area contributed by atoms with Gasteiger partial charge in [0.05, 0.1) is 25.6 Å². The Morgan fingerprint density at radius 2 is 1.23 bits per heavy atom. The molecule has 3 heterocycles. The Balaban J connectivity index is 0. The summed E-state index contributed by atoms with van der Waals surface area (Å²) in [4.78, 5) is 20.5. The van der Waals surface area contributed by atoms with E-state index in [1.807, 2.05) is 54.8 Å². The summed E-state index contributed by atoms with van der Waals surface area (Å²) in [5.41, 5.74) is 6.43. The molecule has 0 N–H and O–H groups in total. The molecule has 3 aromatic rings. The average Bonchev–Trinajstić information content (AvgIpc) is 3.45. The minimum atomic E-state index is -0.759. The summed E-state index contributed by atoms with van der Waals surface area (Å²) in [7, 11) is 3.04. The van der Waals surface area contributed by atoms with Crippen LogP contribution in [-0.2, 0) is 39.2 Å². The fourth-order valence-corrected chi connectivity index (χ4v) is 2.49. The molecule has 0 spiro atoms. The monoisotopic (exact) mass is 660 g/mol. The van der Waals surface area contributed by atoms with Crippen LogP contribution in [0.4, 0.5) is 0 Å². The molecule has 0 aromatic carbocycles. The molecule has 12 heteroatoms. The van der Waals surface area contributed by atoms with E-state index in [1.54, 1.807) is 0 Å². The van der Waals surface area contributed by atoms with Crippen LogP contribution in [0, 0.1) is 53.4 Å². The SMILES string of the molecule is C=C.COC(=O)C#CC(=O)OC.Cc1cc(C)[n-]n1.Cc1cc(C)n(Bn2nc(C)cc2C)n1.[Ir]. The zero-order valence-corrected chi connectivity index (χ0v) is 23.9. The number of aryl methyl sites for hydroxylation is 6. The van der Waals surface area contributed by atoms with E-state index in [2.05, 4.69) is 69.0 Å². The molecule has 1 radical (unpaired) electrons. The first kappa shape index (κ1) is 33.8. The summed E-state index contributed by atoms with van der Waals surface area (Å²) >= 11 is 0. The van der Waals surface area contributed by atoms with Crippen LogP contribution >= 0.6 is 0 Å². The number of hydrogen-bond donors (Lipinski definition) is 0. The maximum Gasteiger partial charge on any atom is 0.402 e. The number of hydrogen-bond acceptors (Lipinski definition) is 7. The van der Waals surface area contributed by atoms with Crippen LogP contribution in [0.2, 0.25) is 0 Å². The van der Waals surface area contributed by atoms with Crippen LogP contribution in [0.25, 0.3) is 0 Å². The predicted molar refractivity (Wildman–Crippen MR) is 131 cm³/mol. The Labute approximate surface area is 221 Å². The molecule has 0 atom stereocenters. The van der Waals surface area contributed by atoms with Crippen molar-refractivity contribution >= 4 is 19.5 Å². The van der Waals surface area contributed by atoms with Crippen molar-refractivity contribution in [2.24, 2.45) is 0 Å². The largest absolute Gasteiger partial charge is 0.579 e. The van der Waals surface area contributed by atoms with Crippen molar-refractivity contribution in [1.29, 1.82) is 0 Å². The number of rotatable bonds is 2. The van der Waals surface area contributed by atoms with Crippen LogP contribution in [-0.4, -0.2) is 58.2 Å². The molecule has 0 saturated heterocycles. The van der Waals surface area contributed by atoms with Crippen LogP contribution in [0.1, 0.15) is 34.2 Å². The molecule has 3 rings (SSSR count). The Hall–Kier alpha value is -3.42. The minimum Gasteiger partial charge on any atom is -0.579 e. The summed E-state index contributed by atoms with van der Waals surface area (Å²) in [6.45, 7) is 18.0. The van der Waals surface area contributed by atoms with Gasteiger partial charge >= 0.3 is 19.5 Å². The van der Waals surface area contributed by atoms with Crippen molar-refractivity contribution in [3.8, 4) is 11.8 Å². The van der Waals surface area contributed by atoms with Gasteiger partial charge in [0.25, 0.3) is 0 Å². The fraction of sp³-hybridized carbons (Fsp3) is 0.348. The zero-order chi connectivity index (χ0) is 26.3. The van der Waals surface area contributed by atoms with Crippen LogP contribution in [0.3, 0.4) is 0 Å². The molecule has 191 valence electrons. The molecule has 0 aliphatic rings. The summed E-state index contributed by atoms with van der Waals surface area (Å²) in [6, 6.07) is 6.09. The van der Waals surface area contributed by atoms with Crippen molar-refractivity contribution in [2.75, 3.05) is 14.2 Å². The molecule has 0 unspecified atom stereocenters. The third-order valence-corrected chi connectivity index (χ3v) is 3.90. The van der Waals surface area contributed by atoms with Gasteiger partial charge in [-0.2, -0.15) is 10.2 Å². The van der Waals surface area contributed by atoms with E-state index in [4.69, 9.17) is 0 Å². The van der Waals surface area contributed by atoms with Gasteiger partial charge in [0, 0.05) is 49.0 Å². The summed E-state index contributed by atoms with van der Waals surface area (Å²) in [5.74, 6) is 2.28. The third-order valence-electron chi connectivity index (χ3n) is 3.90. The number of carbonyl (C=O) groups excluding carboxylic acids is 2.